The van der Waals surface area contributed by atoms with Crippen LogP contribution in [0.5, 0.6) is 0 Å². The molecule has 1 aliphatic carbocycles. The van der Waals surface area contributed by atoms with Gasteiger partial charge in [0.25, 0.3) is 5.91 Å². The summed E-state index contributed by atoms with van der Waals surface area (Å²) in [6, 6.07) is 15.0. The first kappa shape index (κ1) is 21.8. The van der Waals surface area contributed by atoms with E-state index >= 15 is 0 Å². The fourth-order valence-electron chi connectivity index (χ4n) is 4.50. The minimum atomic E-state index is 0.00614. The molecule has 4 nitrogen and oxygen atoms in total. The summed E-state index contributed by atoms with van der Waals surface area (Å²) in [6.45, 7) is 2.84. The second-order valence-electron chi connectivity index (χ2n) is 8.10. The predicted octanol–water partition coefficient (Wildman–Crippen LogP) is 5.03. The molecule has 1 aliphatic rings. The number of nitrogens with zero attached hydrogens (tertiary/aromatic N) is 2. The molecule has 1 heterocycles. The fourth-order valence-corrected chi connectivity index (χ4v) is 5.22. The topological polar surface area (TPSA) is 45.2 Å². The Morgan fingerprint density at radius 3 is 2.52 bits per heavy atom. The van der Waals surface area contributed by atoms with Crippen molar-refractivity contribution in [2.75, 3.05) is 26.4 Å². The van der Waals surface area contributed by atoms with E-state index in [-0.39, 0.29) is 5.91 Å². The second-order valence-corrected chi connectivity index (χ2v) is 9.35. The van der Waals surface area contributed by atoms with Gasteiger partial charge in [-0.3, -0.25) is 4.79 Å². The van der Waals surface area contributed by atoms with Crippen molar-refractivity contribution >= 4 is 17.7 Å². The van der Waals surface area contributed by atoms with Crippen LogP contribution in [0.3, 0.4) is 0 Å². The number of pyridine rings is 1. The molecule has 1 saturated carbocycles. The Morgan fingerprint density at radius 2 is 1.86 bits per heavy atom. The number of benzene rings is 1. The maximum atomic E-state index is 12.7. The summed E-state index contributed by atoms with van der Waals surface area (Å²) in [7, 11) is 4.37. The number of aromatic nitrogens is 1. The third-order valence-electron chi connectivity index (χ3n) is 5.88. The molecule has 29 heavy (non-hydrogen) atoms. The molecule has 0 radical (unpaired) electrons. The summed E-state index contributed by atoms with van der Waals surface area (Å²) in [6.07, 6.45) is 6.52. The quantitative estimate of drug-likeness (QED) is 0.619. The van der Waals surface area contributed by atoms with Crippen LogP contribution in [0.25, 0.3) is 0 Å². The van der Waals surface area contributed by atoms with Crippen LogP contribution in [-0.4, -0.2) is 42.2 Å². The molecule has 3 rings (SSSR count). The minimum absolute atomic E-state index is 0.00614. The molecule has 1 aromatic heterocycles. The summed E-state index contributed by atoms with van der Waals surface area (Å²) in [5, 5.41) is 3.99. The van der Waals surface area contributed by atoms with E-state index < -0.39 is 0 Å². The van der Waals surface area contributed by atoms with Gasteiger partial charge in [0, 0.05) is 18.8 Å². The molecule has 1 N–H and O–H groups in total. The number of rotatable bonds is 8. The van der Waals surface area contributed by atoms with Gasteiger partial charge in [0.15, 0.2) is 0 Å². The first-order valence-corrected chi connectivity index (χ1v) is 11.7. The van der Waals surface area contributed by atoms with E-state index in [9.17, 15) is 4.79 Å². The number of hydrogen-bond acceptors (Lipinski definition) is 4. The molecule has 0 saturated heterocycles. The first-order chi connectivity index (χ1) is 14.1. The molecule has 1 fully saturated rings. The normalized spacial score (nSPS) is 20.4. The van der Waals surface area contributed by atoms with Gasteiger partial charge in [-0.1, -0.05) is 37.3 Å². The molecule has 0 aliphatic heterocycles. The van der Waals surface area contributed by atoms with Gasteiger partial charge < -0.3 is 10.2 Å². The van der Waals surface area contributed by atoms with Crippen LogP contribution in [0.1, 0.15) is 54.6 Å². The lowest BCUT2D eigenvalue weighted by Gasteiger charge is -2.37. The van der Waals surface area contributed by atoms with Gasteiger partial charge in [-0.2, -0.15) is 0 Å². The smallest absolute Gasteiger partial charge is 0.254 e. The Balaban J connectivity index is 1.53. The molecule has 1 aromatic carbocycles. The van der Waals surface area contributed by atoms with Gasteiger partial charge in [-0.05, 0) is 75.1 Å². The highest BCUT2D eigenvalue weighted by atomic mass is 32.2. The molecule has 0 spiro atoms. The average molecular weight is 412 g/mol. The Hall–Kier alpha value is -1.85. The third kappa shape index (κ3) is 5.83. The fraction of sp³-hybridized carbons (Fsp3) is 0.500. The van der Waals surface area contributed by atoms with E-state index in [1.165, 1.54) is 31.2 Å². The summed E-state index contributed by atoms with van der Waals surface area (Å²) in [4.78, 5) is 19.4. The van der Waals surface area contributed by atoms with Gasteiger partial charge in [-0.15, -0.1) is 11.8 Å². The Labute approximate surface area is 179 Å². The lowest BCUT2D eigenvalue weighted by molar-refractivity contribution is 0.0931. The van der Waals surface area contributed by atoms with Crippen LogP contribution in [-0.2, 0) is 0 Å². The second kappa shape index (κ2) is 10.8. The van der Waals surface area contributed by atoms with Gasteiger partial charge in [0.1, 0.15) is 5.03 Å². The molecule has 1 unspecified atom stereocenters. The van der Waals surface area contributed by atoms with Crippen LogP contribution in [0.15, 0.2) is 53.7 Å². The van der Waals surface area contributed by atoms with Crippen molar-refractivity contribution in [1.82, 2.24) is 15.2 Å². The zero-order chi connectivity index (χ0) is 20.6. The molecule has 2 aromatic rings. The van der Waals surface area contributed by atoms with Crippen LogP contribution in [0, 0.1) is 11.8 Å². The van der Waals surface area contributed by atoms with Crippen molar-refractivity contribution in [3.05, 3.63) is 59.8 Å². The molecule has 1 atom stereocenters. The van der Waals surface area contributed by atoms with Crippen LogP contribution >= 0.6 is 11.8 Å². The SMILES string of the molecule is CCSc1ncccc1C(=O)NCC1CCC(C(c2ccccc2)N(C)C)CC1. The number of thioether (sulfide) groups is 1. The average Bonchev–Trinajstić information content (AvgIpc) is 2.74. The maximum absolute atomic E-state index is 12.7. The molecule has 5 heteroatoms. The summed E-state index contributed by atoms with van der Waals surface area (Å²) in [5.41, 5.74) is 2.11. The lowest BCUT2D eigenvalue weighted by atomic mass is 9.76. The highest BCUT2D eigenvalue weighted by Crippen LogP contribution is 2.39. The van der Waals surface area contributed by atoms with E-state index in [0.717, 1.165) is 17.3 Å². The van der Waals surface area contributed by atoms with E-state index in [4.69, 9.17) is 0 Å². The largest absolute Gasteiger partial charge is 0.352 e. The number of amides is 1. The summed E-state index contributed by atoms with van der Waals surface area (Å²) >= 11 is 1.62. The van der Waals surface area contributed by atoms with Gasteiger partial charge in [0.2, 0.25) is 0 Å². The van der Waals surface area contributed by atoms with Crippen LogP contribution in [0.4, 0.5) is 0 Å². The molecular weight excluding hydrogens is 378 g/mol. The van der Waals surface area contributed by atoms with Crippen molar-refractivity contribution < 1.29 is 4.79 Å². The van der Waals surface area contributed by atoms with Crippen LogP contribution < -0.4 is 5.32 Å². The molecular formula is C24H33N3OS. The molecule has 1 amide bonds. The first-order valence-electron chi connectivity index (χ1n) is 10.7. The number of carbonyl (C=O) groups is 1. The van der Waals surface area contributed by atoms with Gasteiger partial charge >= 0.3 is 0 Å². The van der Waals surface area contributed by atoms with E-state index in [0.29, 0.717) is 23.4 Å². The van der Waals surface area contributed by atoms with E-state index in [1.54, 1.807) is 18.0 Å². The van der Waals surface area contributed by atoms with E-state index in [1.807, 2.05) is 12.1 Å². The van der Waals surface area contributed by atoms with Crippen molar-refractivity contribution in [1.29, 1.82) is 0 Å². The highest BCUT2D eigenvalue weighted by molar-refractivity contribution is 7.99. The molecule has 156 valence electrons. The lowest BCUT2D eigenvalue weighted by Crippen LogP contribution is -2.34. The van der Waals surface area contributed by atoms with Crippen molar-refractivity contribution in [3.8, 4) is 0 Å². The van der Waals surface area contributed by atoms with Crippen molar-refractivity contribution in [3.63, 3.8) is 0 Å². The summed E-state index contributed by atoms with van der Waals surface area (Å²) < 4.78 is 0. The molecule has 0 bridgehead atoms. The van der Waals surface area contributed by atoms with E-state index in [2.05, 4.69) is 66.6 Å². The van der Waals surface area contributed by atoms with Gasteiger partial charge in [0.05, 0.1) is 5.56 Å². The Morgan fingerprint density at radius 1 is 1.14 bits per heavy atom. The Kier molecular flexibility index (Phi) is 8.13. The predicted molar refractivity (Wildman–Crippen MR) is 121 cm³/mol. The number of carbonyl (C=O) groups excluding carboxylic acids is 1. The van der Waals surface area contributed by atoms with Crippen molar-refractivity contribution in [2.24, 2.45) is 11.8 Å². The minimum Gasteiger partial charge on any atom is -0.352 e. The van der Waals surface area contributed by atoms with Crippen LogP contribution in [0.2, 0.25) is 0 Å². The zero-order valence-electron chi connectivity index (χ0n) is 17.8. The number of nitrogens with one attached hydrogen (secondary N) is 1. The zero-order valence-corrected chi connectivity index (χ0v) is 18.6. The maximum Gasteiger partial charge on any atom is 0.254 e. The number of hydrogen-bond donors (Lipinski definition) is 1. The standard InChI is InChI=1S/C24H33N3OS/c1-4-29-24-21(11-8-16-25-24)23(28)26-17-18-12-14-20(15-13-18)22(27(2)3)19-9-6-5-7-10-19/h5-11,16,18,20,22H,4,12-15,17H2,1-3H3,(H,26,28). The Bertz CT molecular complexity index is 773. The highest BCUT2D eigenvalue weighted by Gasteiger charge is 2.30. The summed E-state index contributed by atoms with van der Waals surface area (Å²) in [5.74, 6) is 2.15. The van der Waals surface area contributed by atoms with Gasteiger partial charge in [-0.25, -0.2) is 4.98 Å². The third-order valence-corrected chi connectivity index (χ3v) is 6.77. The van der Waals surface area contributed by atoms with Crippen molar-refractivity contribution in [2.45, 2.75) is 43.7 Å². The monoisotopic (exact) mass is 411 g/mol.